The Balaban J connectivity index is 3.04. The van der Waals surface area contributed by atoms with E-state index in [2.05, 4.69) is 4.98 Å². The highest BCUT2D eigenvalue weighted by atomic mass is 16.4. The SMILES string of the molecule is Cc1cc(C(N)=O)cc(N(C)CC(=O)O)n1. The van der Waals surface area contributed by atoms with Crippen molar-refractivity contribution in [3.05, 3.63) is 23.4 Å². The Hall–Kier alpha value is -2.11. The number of pyridine rings is 1. The van der Waals surface area contributed by atoms with Crippen molar-refractivity contribution < 1.29 is 14.7 Å². The van der Waals surface area contributed by atoms with E-state index in [1.807, 2.05) is 0 Å². The molecule has 86 valence electrons. The second-order valence-electron chi connectivity index (χ2n) is 3.47. The summed E-state index contributed by atoms with van der Waals surface area (Å²) < 4.78 is 0. The zero-order valence-electron chi connectivity index (χ0n) is 9.10. The summed E-state index contributed by atoms with van der Waals surface area (Å²) in [5.41, 5.74) is 6.08. The number of carbonyl (C=O) groups is 2. The van der Waals surface area contributed by atoms with E-state index < -0.39 is 11.9 Å². The van der Waals surface area contributed by atoms with Gasteiger partial charge in [-0.2, -0.15) is 0 Å². The van der Waals surface area contributed by atoms with Crippen molar-refractivity contribution in [3.8, 4) is 0 Å². The second-order valence-corrected chi connectivity index (χ2v) is 3.47. The number of carboxylic acid groups (broad SMARTS) is 1. The van der Waals surface area contributed by atoms with E-state index in [0.29, 0.717) is 17.1 Å². The first-order valence-electron chi connectivity index (χ1n) is 4.61. The lowest BCUT2D eigenvalue weighted by Crippen LogP contribution is -2.26. The number of primary amides is 1. The molecule has 0 atom stereocenters. The number of nitrogens with zero attached hydrogens (tertiary/aromatic N) is 2. The average molecular weight is 223 g/mol. The van der Waals surface area contributed by atoms with Crippen molar-refractivity contribution in [2.24, 2.45) is 5.73 Å². The summed E-state index contributed by atoms with van der Waals surface area (Å²) in [6.45, 7) is 1.53. The van der Waals surface area contributed by atoms with Gasteiger partial charge in [-0.3, -0.25) is 9.59 Å². The molecule has 0 aliphatic heterocycles. The molecule has 3 N–H and O–H groups in total. The van der Waals surface area contributed by atoms with Gasteiger partial charge in [-0.1, -0.05) is 0 Å². The van der Waals surface area contributed by atoms with E-state index >= 15 is 0 Å². The molecule has 0 spiro atoms. The minimum Gasteiger partial charge on any atom is -0.480 e. The summed E-state index contributed by atoms with van der Waals surface area (Å²) in [5.74, 6) is -1.11. The molecule has 0 fully saturated rings. The summed E-state index contributed by atoms with van der Waals surface area (Å²) >= 11 is 0. The van der Waals surface area contributed by atoms with Crippen LogP contribution in [0.25, 0.3) is 0 Å². The fourth-order valence-electron chi connectivity index (χ4n) is 1.27. The number of rotatable bonds is 4. The largest absolute Gasteiger partial charge is 0.480 e. The van der Waals surface area contributed by atoms with Gasteiger partial charge in [0.1, 0.15) is 12.4 Å². The van der Waals surface area contributed by atoms with E-state index in [1.165, 1.54) is 11.0 Å². The van der Waals surface area contributed by atoms with Crippen LogP contribution < -0.4 is 10.6 Å². The minimum atomic E-state index is -0.966. The number of hydrogen-bond acceptors (Lipinski definition) is 4. The molecule has 1 aromatic rings. The zero-order valence-corrected chi connectivity index (χ0v) is 9.10. The molecule has 0 saturated carbocycles. The molecule has 16 heavy (non-hydrogen) atoms. The number of likely N-dealkylation sites (N-methyl/N-ethyl adjacent to an activating group) is 1. The third-order valence-electron chi connectivity index (χ3n) is 1.99. The number of aromatic nitrogens is 1. The van der Waals surface area contributed by atoms with Gasteiger partial charge in [-0.05, 0) is 19.1 Å². The monoisotopic (exact) mass is 223 g/mol. The van der Waals surface area contributed by atoms with E-state index in [9.17, 15) is 9.59 Å². The number of carbonyl (C=O) groups excluding carboxylic acids is 1. The molecule has 0 aliphatic carbocycles. The first-order valence-corrected chi connectivity index (χ1v) is 4.61. The van der Waals surface area contributed by atoms with Crippen molar-refractivity contribution in [2.75, 3.05) is 18.5 Å². The van der Waals surface area contributed by atoms with Crippen LogP contribution in [-0.4, -0.2) is 35.6 Å². The minimum absolute atomic E-state index is 0.186. The average Bonchev–Trinajstić information content (AvgIpc) is 2.15. The number of hydrogen-bond donors (Lipinski definition) is 2. The third kappa shape index (κ3) is 2.94. The van der Waals surface area contributed by atoms with Crippen LogP contribution in [0, 0.1) is 6.92 Å². The molecule has 0 aliphatic rings. The van der Waals surface area contributed by atoms with Crippen LogP contribution in [0.5, 0.6) is 0 Å². The highest BCUT2D eigenvalue weighted by Crippen LogP contribution is 2.13. The smallest absolute Gasteiger partial charge is 0.323 e. The van der Waals surface area contributed by atoms with E-state index in [4.69, 9.17) is 10.8 Å². The summed E-state index contributed by atoms with van der Waals surface area (Å²) in [4.78, 5) is 27.1. The first-order chi connectivity index (χ1) is 7.40. The Morgan fingerprint density at radius 2 is 2.12 bits per heavy atom. The molecular weight excluding hydrogens is 210 g/mol. The van der Waals surface area contributed by atoms with Crippen molar-refractivity contribution in [1.29, 1.82) is 0 Å². The normalized spacial score (nSPS) is 9.88. The quantitative estimate of drug-likeness (QED) is 0.749. The first kappa shape index (κ1) is 12.0. The lowest BCUT2D eigenvalue weighted by atomic mass is 10.2. The molecule has 0 unspecified atom stereocenters. The van der Waals surface area contributed by atoms with Gasteiger partial charge < -0.3 is 15.7 Å². The molecule has 1 rings (SSSR count). The summed E-state index contributed by atoms with van der Waals surface area (Å²) in [6.07, 6.45) is 0. The van der Waals surface area contributed by atoms with E-state index in [1.54, 1.807) is 20.0 Å². The number of nitrogens with two attached hydrogens (primary N) is 1. The third-order valence-corrected chi connectivity index (χ3v) is 1.99. The second kappa shape index (κ2) is 4.61. The van der Waals surface area contributed by atoms with Gasteiger partial charge in [0.15, 0.2) is 0 Å². The fraction of sp³-hybridized carbons (Fsp3) is 0.300. The highest BCUT2D eigenvalue weighted by molar-refractivity contribution is 5.93. The van der Waals surface area contributed by atoms with Gasteiger partial charge in [-0.15, -0.1) is 0 Å². The Morgan fingerprint density at radius 3 is 2.62 bits per heavy atom. The zero-order chi connectivity index (χ0) is 12.3. The van der Waals surface area contributed by atoms with Gasteiger partial charge in [-0.25, -0.2) is 4.98 Å². The predicted molar refractivity (Wildman–Crippen MR) is 58.4 cm³/mol. The van der Waals surface area contributed by atoms with Crippen LogP contribution in [0.4, 0.5) is 5.82 Å². The lowest BCUT2D eigenvalue weighted by Gasteiger charge is -2.16. The van der Waals surface area contributed by atoms with Crippen LogP contribution in [0.1, 0.15) is 16.1 Å². The molecule has 6 heteroatoms. The van der Waals surface area contributed by atoms with E-state index in [0.717, 1.165) is 0 Å². The molecular formula is C10H13N3O3. The highest BCUT2D eigenvalue weighted by Gasteiger charge is 2.10. The van der Waals surface area contributed by atoms with Crippen molar-refractivity contribution in [3.63, 3.8) is 0 Å². The molecule has 1 amide bonds. The van der Waals surface area contributed by atoms with E-state index in [-0.39, 0.29) is 6.54 Å². The molecule has 0 radical (unpaired) electrons. The topological polar surface area (TPSA) is 96.5 Å². The molecule has 0 saturated heterocycles. The Bertz CT molecular complexity index is 431. The molecule has 1 aromatic heterocycles. The number of amides is 1. The van der Waals surface area contributed by atoms with Gasteiger partial charge in [0.05, 0.1) is 0 Å². The summed E-state index contributed by atoms with van der Waals surface area (Å²) in [6, 6.07) is 3.03. The van der Waals surface area contributed by atoms with Crippen molar-refractivity contribution in [1.82, 2.24) is 4.98 Å². The predicted octanol–water partition coefficient (Wildman–Crippen LogP) is 0.00972. The number of aryl methyl sites for hydroxylation is 1. The molecule has 6 nitrogen and oxygen atoms in total. The Kier molecular flexibility index (Phi) is 3.44. The van der Waals surface area contributed by atoms with Crippen LogP contribution >= 0.6 is 0 Å². The lowest BCUT2D eigenvalue weighted by molar-refractivity contribution is -0.135. The fourth-order valence-corrected chi connectivity index (χ4v) is 1.27. The maximum Gasteiger partial charge on any atom is 0.323 e. The molecule has 0 aromatic carbocycles. The number of aliphatic carboxylic acids is 1. The standard InChI is InChI=1S/C10H13N3O3/c1-6-3-7(10(11)16)4-8(12-6)13(2)5-9(14)15/h3-4H,5H2,1-2H3,(H2,11,16)(H,14,15). The van der Waals surface area contributed by atoms with Gasteiger partial charge in [0.25, 0.3) is 0 Å². The molecule has 0 bridgehead atoms. The Labute approximate surface area is 92.7 Å². The van der Waals surface area contributed by atoms with Gasteiger partial charge in [0, 0.05) is 18.3 Å². The van der Waals surface area contributed by atoms with Gasteiger partial charge in [0.2, 0.25) is 5.91 Å². The summed E-state index contributed by atoms with van der Waals surface area (Å²) in [7, 11) is 1.58. The van der Waals surface area contributed by atoms with Crippen LogP contribution in [0.15, 0.2) is 12.1 Å². The number of carboxylic acids is 1. The van der Waals surface area contributed by atoms with Crippen molar-refractivity contribution in [2.45, 2.75) is 6.92 Å². The summed E-state index contributed by atoms with van der Waals surface area (Å²) in [5, 5.41) is 8.63. The van der Waals surface area contributed by atoms with Crippen LogP contribution in [0.3, 0.4) is 0 Å². The molecule has 1 heterocycles. The Morgan fingerprint density at radius 1 is 1.50 bits per heavy atom. The van der Waals surface area contributed by atoms with Crippen LogP contribution in [-0.2, 0) is 4.79 Å². The van der Waals surface area contributed by atoms with Gasteiger partial charge >= 0.3 is 5.97 Å². The maximum absolute atomic E-state index is 11.0. The number of anilines is 1. The van der Waals surface area contributed by atoms with Crippen LogP contribution in [0.2, 0.25) is 0 Å². The maximum atomic E-state index is 11.0. The van der Waals surface area contributed by atoms with Crippen molar-refractivity contribution >= 4 is 17.7 Å².